The highest BCUT2D eigenvalue weighted by molar-refractivity contribution is 7.20. The van der Waals surface area contributed by atoms with Crippen LogP contribution in [0.25, 0.3) is 20.7 Å². The molecule has 0 bridgehead atoms. The van der Waals surface area contributed by atoms with Crippen molar-refractivity contribution in [2.45, 2.75) is 52.4 Å². The van der Waals surface area contributed by atoms with E-state index in [1.807, 2.05) is 65.8 Å². The maximum atomic E-state index is 13.2. The second-order valence-corrected chi connectivity index (χ2v) is 23.4. The van der Waals surface area contributed by atoms with Gasteiger partial charge in [-0.3, -0.25) is 29.0 Å². The fourth-order valence-corrected chi connectivity index (χ4v) is 10.8. The zero-order valence-electron chi connectivity index (χ0n) is 48.1. The molecule has 4 amide bonds. The average Bonchev–Trinajstić information content (AvgIpc) is 4.32. The first kappa shape index (κ1) is 62.6. The number of morpholine rings is 2. The van der Waals surface area contributed by atoms with E-state index in [0.29, 0.717) is 76.0 Å². The third kappa shape index (κ3) is 16.5. The molecule has 0 saturated carbocycles. The van der Waals surface area contributed by atoms with Crippen molar-refractivity contribution < 1.29 is 28.7 Å². The number of nitrogens with one attached hydrogen (secondary N) is 6. The molecule has 2 aliphatic heterocycles. The zero-order valence-corrected chi connectivity index (χ0v) is 50.6. The summed E-state index contributed by atoms with van der Waals surface area (Å²) in [7, 11) is 0. The Morgan fingerprint density at radius 1 is 0.553 bits per heavy atom. The number of fused-ring (bicyclic) bond motifs is 2. The van der Waals surface area contributed by atoms with Crippen LogP contribution in [0.2, 0.25) is 0 Å². The van der Waals surface area contributed by atoms with Gasteiger partial charge in [0.1, 0.15) is 32.3 Å². The Labute approximate surface area is 507 Å². The summed E-state index contributed by atoms with van der Waals surface area (Å²) in [4.78, 5) is 77.6. The molecular weight excluding hydrogens is 1140 g/mol. The second kappa shape index (κ2) is 28.4. The molecule has 8 aromatic rings. The number of carbonyl (C=O) groups is 4. The summed E-state index contributed by atoms with van der Waals surface area (Å²) in [5.74, 6) is 0.181. The average molecular weight is 1200 g/mol. The number of aryl methyl sites for hydroxylation is 2. The highest BCUT2D eigenvalue weighted by Crippen LogP contribution is 2.30. The van der Waals surface area contributed by atoms with E-state index in [0.717, 1.165) is 101 Å². The van der Waals surface area contributed by atoms with Crippen molar-refractivity contribution >= 4 is 114 Å². The van der Waals surface area contributed by atoms with Gasteiger partial charge in [-0.1, -0.05) is 36.4 Å². The normalized spacial score (nSPS) is 13.7. The number of hydrogen-bond acceptors (Lipinski definition) is 18. The Balaban J connectivity index is 0.000000219. The van der Waals surface area contributed by atoms with E-state index in [4.69, 9.17) is 9.47 Å². The minimum atomic E-state index is -0.712. The fourth-order valence-electron chi connectivity index (χ4n) is 9.03. The SMILES string of the molecule is Cc1ccc(NC(=O)c2cccc(C(C)(C)C#N)c2)cc1NC(=O)c1cc2ncc(NCCN3CCOCC3)nc2s1.Cc1ccc(NC(=O)c2cccc(C(C)(C)C#N)c2)cc1NC(=O)c1cc2ncc(NCCN3CCOCC3)nc2s1.Cl. The number of nitrogens with zero attached hydrogens (tertiary/aromatic N) is 8. The number of halogens is 1. The molecule has 23 heteroatoms. The third-order valence-corrected chi connectivity index (χ3v) is 16.4. The number of rotatable bonds is 18. The molecule has 0 aliphatic carbocycles. The van der Waals surface area contributed by atoms with Crippen LogP contribution < -0.4 is 31.9 Å². The van der Waals surface area contributed by atoms with Crippen molar-refractivity contribution in [3.8, 4) is 12.1 Å². The fraction of sp³-hybridized carbons (Fsp3) is 0.323. The summed E-state index contributed by atoms with van der Waals surface area (Å²) in [5.41, 5.74) is 6.25. The lowest BCUT2D eigenvalue weighted by Crippen LogP contribution is -2.39. The summed E-state index contributed by atoms with van der Waals surface area (Å²) < 4.78 is 10.8. The minimum Gasteiger partial charge on any atom is -0.379 e. The van der Waals surface area contributed by atoms with Crippen molar-refractivity contribution in [2.24, 2.45) is 0 Å². The number of aromatic nitrogens is 4. The number of anilines is 6. The molecule has 6 N–H and O–H groups in total. The van der Waals surface area contributed by atoms with E-state index in [1.165, 1.54) is 22.7 Å². The highest BCUT2D eigenvalue weighted by atomic mass is 35.5. The van der Waals surface area contributed by atoms with Crippen LogP contribution in [0, 0.1) is 36.5 Å². The number of carbonyl (C=O) groups excluding carboxylic acids is 4. The van der Waals surface area contributed by atoms with Crippen LogP contribution in [0.15, 0.2) is 109 Å². The van der Waals surface area contributed by atoms with E-state index in [2.05, 4.69) is 73.8 Å². The molecule has 20 nitrogen and oxygen atoms in total. The van der Waals surface area contributed by atoms with Gasteiger partial charge in [0, 0.05) is 86.2 Å². The molecule has 6 heterocycles. The van der Waals surface area contributed by atoms with Crippen LogP contribution in [0.1, 0.15) is 90.0 Å². The number of ether oxygens (including phenoxy) is 2. The van der Waals surface area contributed by atoms with Crippen LogP contribution >= 0.6 is 35.1 Å². The summed E-state index contributed by atoms with van der Waals surface area (Å²) in [6.45, 7) is 21.1. The van der Waals surface area contributed by atoms with Crippen LogP contribution in [0.5, 0.6) is 0 Å². The summed E-state index contributed by atoms with van der Waals surface area (Å²) >= 11 is 2.56. The number of thiophene rings is 2. The van der Waals surface area contributed by atoms with Gasteiger partial charge >= 0.3 is 0 Å². The molecule has 0 radical (unpaired) electrons. The Morgan fingerprint density at radius 2 is 0.953 bits per heavy atom. The lowest BCUT2D eigenvalue weighted by molar-refractivity contribution is 0.0398. The lowest BCUT2D eigenvalue weighted by atomic mass is 9.85. The Hall–Kier alpha value is -8.45. The number of nitriles is 2. The smallest absolute Gasteiger partial charge is 0.265 e. The van der Waals surface area contributed by atoms with Gasteiger partial charge in [0.2, 0.25) is 0 Å². The molecule has 4 aromatic carbocycles. The van der Waals surface area contributed by atoms with E-state index >= 15 is 0 Å². The lowest BCUT2D eigenvalue weighted by Gasteiger charge is -2.26. The summed E-state index contributed by atoms with van der Waals surface area (Å²) in [6, 6.07) is 32.8. The maximum absolute atomic E-state index is 13.2. The molecule has 10 rings (SSSR count). The van der Waals surface area contributed by atoms with Crippen molar-refractivity contribution in [1.82, 2.24) is 29.7 Å². The van der Waals surface area contributed by atoms with Crippen LogP contribution in [0.3, 0.4) is 0 Å². The van der Waals surface area contributed by atoms with E-state index in [1.54, 1.807) is 85.2 Å². The molecule has 4 aromatic heterocycles. The van der Waals surface area contributed by atoms with Crippen molar-refractivity contribution in [3.63, 3.8) is 0 Å². The van der Waals surface area contributed by atoms with Crippen LogP contribution in [0.4, 0.5) is 34.4 Å². The molecule has 2 fully saturated rings. The summed E-state index contributed by atoms with van der Waals surface area (Å²) in [5, 5.41) is 37.2. The van der Waals surface area contributed by atoms with Gasteiger partial charge in [0.25, 0.3) is 23.6 Å². The van der Waals surface area contributed by atoms with Crippen LogP contribution in [-0.4, -0.2) is 132 Å². The molecule has 0 spiro atoms. The van der Waals surface area contributed by atoms with Crippen LogP contribution in [-0.2, 0) is 20.3 Å². The number of hydrogen-bond donors (Lipinski definition) is 6. The molecule has 2 saturated heterocycles. The van der Waals surface area contributed by atoms with Gasteiger partial charge < -0.3 is 41.4 Å². The van der Waals surface area contributed by atoms with Gasteiger partial charge in [-0.05, 0) is 124 Å². The number of benzene rings is 4. The Morgan fingerprint density at radius 3 is 1.34 bits per heavy atom. The van der Waals surface area contributed by atoms with Crippen molar-refractivity contribution in [1.29, 1.82) is 10.5 Å². The quantitative estimate of drug-likeness (QED) is 0.0466. The van der Waals surface area contributed by atoms with Gasteiger partial charge in [-0.2, -0.15) is 10.5 Å². The molecule has 2 aliphatic rings. The van der Waals surface area contributed by atoms with Gasteiger partial charge in [0.15, 0.2) is 0 Å². The van der Waals surface area contributed by atoms with Gasteiger partial charge in [-0.15, -0.1) is 35.1 Å². The topological polar surface area (TPSA) is 265 Å². The third-order valence-electron chi connectivity index (χ3n) is 14.3. The first-order valence-electron chi connectivity index (χ1n) is 27.5. The Kier molecular flexibility index (Phi) is 20.9. The maximum Gasteiger partial charge on any atom is 0.265 e. The minimum absolute atomic E-state index is 0. The predicted molar refractivity (Wildman–Crippen MR) is 338 cm³/mol. The number of amides is 4. The van der Waals surface area contributed by atoms with Gasteiger partial charge in [0.05, 0.1) is 71.5 Å². The van der Waals surface area contributed by atoms with Crippen molar-refractivity contribution in [2.75, 3.05) is 111 Å². The molecule has 85 heavy (non-hydrogen) atoms. The molecule has 0 atom stereocenters. The monoisotopic (exact) mass is 1200 g/mol. The zero-order chi connectivity index (χ0) is 59.4. The highest BCUT2D eigenvalue weighted by Gasteiger charge is 2.24. The largest absolute Gasteiger partial charge is 0.379 e. The van der Waals surface area contributed by atoms with Gasteiger partial charge in [-0.25, -0.2) is 19.9 Å². The predicted octanol–water partition coefficient (Wildman–Crippen LogP) is 10.5. The first-order chi connectivity index (χ1) is 40.4. The van der Waals surface area contributed by atoms with Crippen molar-refractivity contribution in [3.05, 3.63) is 153 Å². The molecular formula is C62H67ClN14O6S2. The molecule has 0 unspecified atom stereocenters. The Bertz CT molecular complexity index is 3560. The second-order valence-electron chi connectivity index (χ2n) is 21.4. The van der Waals surface area contributed by atoms with E-state index in [9.17, 15) is 29.7 Å². The first-order valence-corrected chi connectivity index (χ1v) is 29.2. The summed E-state index contributed by atoms with van der Waals surface area (Å²) in [6.07, 6.45) is 3.37. The standard InChI is InChI=1S/2C31H33N7O3S.ClH/c2*1-20-7-8-23(35-28(39)21-5-4-6-22(15-21)31(2,3)19-32)16-24(20)36-29(40)26-17-25-30(42-26)37-27(18-34-25)33-9-10-38-11-13-41-14-12-38;/h2*4-8,15-18H,9-14H2,1-3H3,(H,33,37)(H,35,39)(H,36,40);1H. The molecule has 440 valence electrons. The van der Waals surface area contributed by atoms with E-state index < -0.39 is 10.8 Å². The van der Waals surface area contributed by atoms with E-state index in [-0.39, 0.29) is 36.0 Å².